The number of hydrogen-bond acceptors (Lipinski definition) is 5. The topological polar surface area (TPSA) is 102 Å². The summed E-state index contributed by atoms with van der Waals surface area (Å²) in [7, 11) is 1.10. The molecular weight excluding hydrogens is 362 g/mol. The zero-order valence-electron chi connectivity index (χ0n) is 15.5. The molecule has 7 heteroatoms. The number of fused-ring (bicyclic) bond motifs is 3. The first-order valence-electron chi connectivity index (χ1n) is 8.86. The number of ether oxygens (including phenoxy) is 2. The van der Waals surface area contributed by atoms with Gasteiger partial charge in [-0.15, -0.1) is 0 Å². The molecule has 2 aromatic carbocycles. The number of alkyl carbamates (subject to hydrolysis) is 1. The van der Waals surface area contributed by atoms with Gasteiger partial charge in [0.25, 0.3) is 0 Å². The molecule has 7 nitrogen and oxygen atoms in total. The van der Waals surface area contributed by atoms with Crippen molar-refractivity contribution in [1.29, 1.82) is 0 Å². The van der Waals surface area contributed by atoms with E-state index in [0.29, 0.717) is 0 Å². The van der Waals surface area contributed by atoms with Crippen LogP contribution in [0.1, 0.15) is 24.0 Å². The third kappa shape index (κ3) is 3.69. The van der Waals surface area contributed by atoms with Crippen LogP contribution in [0.15, 0.2) is 48.5 Å². The van der Waals surface area contributed by atoms with E-state index in [1.54, 1.807) is 0 Å². The van der Waals surface area contributed by atoms with Crippen molar-refractivity contribution in [2.45, 2.75) is 18.9 Å². The van der Waals surface area contributed by atoms with Crippen molar-refractivity contribution >= 4 is 18.0 Å². The molecular formula is C21H21NO6. The molecule has 0 heterocycles. The molecule has 2 aromatic rings. The largest absolute Gasteiger partial charge is 0.481 e. The number of carboxylic acid groups (broad SMARTS) is 1. The van der Waals surface area contributed by atoms with E-state index in [1.165, 1.54) is 6.92 Å². The highest BCUT2D eigenvalue weighted by atomic mass is 16.5. The minimum Gasteiger partial charge on any atom is -0.481 e. The Kier molecular flexibility index (Phi) is 5.63. The molecule has 28 heavy (non-hydrogen) atoms. The van der Waals surface area contributed by atoms with Gasteiger partial charge in [0.2, 0.25) is 0 Å². The maximum atomic E-state index is 12.2. The van der Waals surface area contributed by atoms with Gasteiger partial charge in [-0.3, -0.25) is 9.59 Å². The van der Waals surface area contributed by atoms with E-state index in [4.69, 9.17) is 4.74 Å². The highest BCUT2D eigenvalue weighted by molar-refractivity contribution is 5.95. The zero-order chi connectivity index (χ0) is 20.3. The third-order valence-electron chi connectivity index (χ3n) is 4.91. The Balaban J connectivity index is 1.68. The Morgan fingerprint density at radius 2 is 1.57 bits per heavy atom. The molecule has 146 valence electrons. The Hall–Kier alpha value is -3.35. The maximum Gasteiger partial charge on any atom is 0.407 e. The van der Waals surface area contributed by atoms with Gasteiger partial charge < -0.3 is 19.9 Å². The molecule has 2 N–H and O–H groups in total. The second kappa shape index (κ2) is 8.12. The zero-order valence-corrected chi connectivity index (χ0v) is 15.5. The van der Waals surface area contributed by atoms with Crippen molar-refractivity contribution in [3.05, 3.63) is 59.7 Å². The highest BCUT2D eigenvalue weighted by Crippen LogP contribution is 2.44. The molecule has 0 aromatic heterocycles. The fourth-order valence-electron chi connectivity index (χ4n) is 3.56. The summed E-state index contributed by atoms with van der Waals surface area (Å²) in [6, 6.07) is 14.9. The van der Waals surface area contributed by atoms with Gasteiger partial charge in [-0.2, -0.15) is 0 Å². The average Bonchev–Trinajstić information content (AvgIpc) is 3.00. The molecule has 3 rings (SSSR count). The number of hydrogen-bond donors (Lipinski definition) is 2. The lowest BCUT2D eigenvalue weighted by Gasteiger charge is -2.20. The summed E-state index contributed by atoms with van der Waals surface area (Å²) in [5.41, 5.74) is 4.36. The lowest BCUT2D eigenvalue weighted by atomic mass is 9.98. The van der Waals surface area contributed by atoms with Crippen LogP contribution in [0.5, 0.6) is 0 Å². The second-order valence-electron chi connectivity index (χ2n) is 6.60. The molecule has 0 fully saturated rings. The first kappa shape index (κ1) is 19.4. The molecule has 0 bridgehead atoms. The summed E-state index contributed by atoms with van der Waals surface area (Å²) in [6.45, 7) is 1.51. The Morgan fingerprint density at radius 3 is 2.07 bits per heavy atom. The van der Waals surface area contributed by atoms with Gasteiger partial charge in [-0.25, -0.2) is 4.79 Å². The van der Waals surface area contributed by atoms with E-state index in [1.807, 2.05) is 48.5 Å². The van der Waals surface area contributed by atoms with E-state index in [-0.39, 0.29) is 12.5 Å². The number of rotatable bonds is 6. The van der Waals surface area contributed by atoms with Crippen molar-refractivity contribution in [2.75, 3.05) is 13.7 Å². The van der Waals surface area contributed by atoms with E-state index in [9.17, 15) is 19.5 Å². The molecule has 1 amide bonds. The van der Waals surface area contributed by atoms with E-state index in [0.717, 1.165) is 29.4 Å². The SMILES string of the molecule is COC(=O)C(C(=O)O)C(C)NC(=O)OCC1c2ccccc2-c2ccccc21. The summed E-state index contributed by atoms with van der Waals surface area (Å²) in [5, 5.41) is 11.6. The first-order valence-corrected chi connectivity index (χ1v) is 8.86. The average molecular weight is 383 g/mol. The molecule has 0 aliphatic heterocycles. The summed E-state index contributed by atoms with van der Waals surface area (Å²) in [6.07, 6.45) is -0.787. The van der Waals surface area contributed by atoms with Crippen molar-refractivity contribution in [2.24, 2.45) is 5.92 Å². The molecule has 1 aliphatic rings. The highest BCUT2D eigenvalue weighted by Gasteiger charge is 2.35. The standard InChI is InChI=1S/C21H21NO6/c1-12(18(19(23)24)20(25)27-2)22-21(26)28-11-17-15-9-5-3-7-13(15)14-8-4-6-10-16(14)17/h3-10,12,17-18H,11H2,1-2H3,(H,22,26)(H,23,24). The minimum absolute atomic E-state index is 0.0997. The maximum absolute atomic E-state index is 12.2. The summed E-state index contributed by atoms with van der Waals surface area (Å²) in [5.74, 6) is -3.92. The number of amides is 1. The number of carbonyl (C=O) groups excluding carboxylic acids is 2. The number of benzene rings is 2. The van der Waals surface area contributed by atoms with Crippen LogP contribution in [0.25, 0.3) is 11.1 Å². The summed E-state index contributed by atoms with van der Waals surface area (Å²) >= 11 is 0. The van der Waals surface area contributed by atoms with Crippen LogP contribution in [0.3, 0.4) is 0 Å². The van der Waals surface area contributed by atoms with Crippen molar-refractivity contribution in [3.63, 3.8) is 0 Å². The first-order chi connectivity index (χ1) is 13.4. The summed E-state index contributed by atoms with van der Waals surface area (Å²) in [4.78, 5) is 35.1. The van der Waals surface area contributed by atoms with E-state index < -0.39 is 30.0 Å². The monoisotopic (exact) mass is 383 g/mol. The Morgan fingerprint density at radius 1 is 1.04 bits per heavy atom. The molecule has 0 radical (unpaired) electrons. The number of esters is 1. The quantitative estimate of drug-likeness (QED) is 0.587. The molecule has 0 spiro atoms. The van der Waals surface area contributed by atoms with Gasteiger partial charge in [-0.1, -0.05) is 48.5 Å². The number of nitrogens with one attached hydrogen (secondary N) is 1. The van der Waals surface area contributed by atoms with E-state index >= 15 is 0 Å². The van der Waals surface area contributed by atoms with Crippen molar-refractivity contribution in [1.82, 2.24) is 5.32 Å². The Bertz CT molecular complexity index is 864. The number of carboxylic acids is 1. The van der Waals surface area contributed by atoms with E-state index in [2.05, 4.69) is 10.1 Å². The molecule has 0 saturated heterocycles. The number of methoxy groups -OCH3 is 1. The van der Waals surface area contributed by atoms with Crippen LogP contribution in [0, 0.1) is 5.92 Å². The van der Waals surface area contributed by atoms with Gasteiger partial charge >= 0.3 is 18.0 Å². The predicted octanol–water partition coefficient (Wildman–Crippen LogP) is 2.79. The van der Waals surface area contributed by atoms with Crippen LogP contribution in [0.2, 0.25) is 0 Å². The van der Waals surface area contributed by atoms with Crippen LogP contribution in [-0.4, -0.2) is 42.9 Å². The van der Waals surface area contributed by atoms with Crippen LogP contribution < -0.4 is 5.32 Å². The second-order valence-corrected chi connectivity index (χ2v) is 6.60. The normalized spacial score (nSPS) is 14.4. The molecule has 2 atom stereocenters. The number of aliphatic carboxylic acids is 1. The van der Waals surface area contributed by atoms with Crippen molar-refractivity contribution in [3.8, 4) is 11.1 Å². The fourth-order valence-corrected chi connectivity index (χ4v) is 3.56. The fraction of sp³-hybridized carbons (Fsp3) is 0.286. The lowest BCUT2D eigenvalue weighted by molar-refractivity contribution is -0.157. The smallest absolute Gasteiger partial charge is 0.407 e. The van der Waals surface area contributed by atoms with Crippen LogP contribution in [0.4, 0.5) is 4.79 Å². The molecule has 2 unspecified atom stereocenters. The van der Waals surface area contributed by atoms with Gasteiger partial charge in [0, 0.05) is 5.92 Å². The van der Waals surface area contributed by atoms with Gasteiger partial charge in [-0.05, 0) is 29.2 Å². The lowest BCUT2D eigenvalue weighted by Crippen LogP contribution is -2.45. The molecule has 0 saturated carbocycles. The summed E-state index contributed by atoms with van der Waals surface area (Å²) < 4.78 is 9.84. The van der Waals surface area contributed by atoms with Crippen molar-refractivity contribution < 1.29 is 29.0 Å². The molecule has 1 aliphatic carbocycles. The van der Waals surface area contributed by atoms with Gasteiger partial charge in [0.05, 0.1) is 13.2 Å². The van der Waals surface area contributed by atoms with Gasteiger partial charge in [0.1, 0.15) is 6.61 Å². The number of carbonyl (C=O) groups is 3. The third-order valence-corrected chi connectivity index (χ3v) is 4.91. The van der Waals surface area contributed by atoms with Crippen LogP contribution in [-0.2, 0) is 19.1 Å². The Labute approximate surface area is 162 Å². The van der Waals surface area contributed by atoms with Gasteiger partial charge in [0.15, 0.2) is 5.92 Å². The minimum atomic E-state index is -1.51. The van der Waals surface area contributed by atoms with Crippen LogP contribution >= 0.6 is 0 Å². The predicted molar refractivity (Wildman–Crippen MR) is 101 cm³/mol.